The molecule has 2 aromatic carbocycles. The lowest BCUT2D eigenvalue weighted by molar-refractivity contribution is 1.16. The van der Waals surface area contributed by atoms with Crippen molar-refractivity contribution in [2.24, 2.45) is 0 Å². The first-order valence-electron chi connectivity index (χ1n) is 7.59. The summed E-state index contributed by atoms with van der Waals surface area (Å²) in [6.07, 6.45) is 1.55. The van der Waals surface area contributed by atoms with Crippen LogP contribution >= 0.6 is 11.9 Å². The highest BCUT2D eigenvalue weighted by Gasteiger charge is 2.02. The van der Waals surface area contributed by atoms with Crippen LogP contribution in [0.2, 0.25) is 0 Å². The molecule has 0 aliphatic rings. The molecule has 0 radical (unpaired) electrons. The van der Waals surface area contributed by atoms with Gasteiger partial charge in [0, 0.05) is 22.3 Å². The second kappa shape index (κ2) is 7.81. The van der Waals surface area contributed by atoms with E-state index in [0.717, 1.165) is 27.9 Å². The third kappa shape index (κ3) is 4.47. The Balaban J connectivity index is 1.74. The number of hydrogen-bond donors (Lipinski definition) is 3. The summed E-state index contributed by atoms with van der Waals surface area (Å²) in [5.41, 5.74) is 3.19. The molecule has 0 bridgehead atoms. The van der Waals surface area contributed by atoms with Crippen LogP contribution in [0.25, 0.3) is 0 Å². The van der Waals surface area contributed by atoms with Crippen molar-refractivity contribution in [3.05, 3.63) is 66.5 Å². The molecule has 1 aromatic heterocycles. The lowest BCUT2D eigenvalue weighted by Crippen LogP contribution is -1.99. The van der Waals surface area contributed by atoms with Crippen LogP contribution in [-0.2, 0) is 0 Å². The minimum atomic E-state index is 0.742. The van der Waals surface area contributed by atoms with Crippen molar-refractivity contribution >= 4 is 35.0 Å². The van der Waals surface area contributed by atoms with E-state index in [-0.39, 0.29) is 0 Å². The van der Waals surface area contributed by atoms with E-state index in [1.165, 1.54) is 5.56 Å². The van der Waals surface area contributed by atoms with Crippen LogP contribution in [0, 0.1) is 6.92 Å². The molecule has 0 aliphatic heterocycles. The number of benzene rings is 2. The number of aromatic nitrogens is 2. The number of hydrogen-bond acceptors (Lipinski definition) is 6. The number of nitrogens with zero attached hydrogens (tertiary/aromatic N) is 2. The molecule has 0 atom stereocenters. The Hall–Kier alpha value is -2.57. The molecule has 24 heavy (non-hydrogen) atoms. The molecule has 6 heteroatoms. The summed E-state index contributed by atoms with van der Waals surface area (Å²) in [7, 11) is 1.90. The Bertz CT molecular complexity index is 822. The first-order valence-corrected chi connectivity index (χ1v) is 8.41. The molecule has 0 unspecified atom stereocenters. The molecule has 0 spiro atoms. The summed E-state index contributed by atoms with van der Waals surface area (Å²) in [5, 5.41) is 6.61. The minimum absolute atomic E-state index is 0.742. The maximum absolute atomic E-state index is 4.28. The normalized spacial score (nSPS) is 10.4. The van der Waals surface area contributed by atoms with Crippen molar-refractivity contribution in [1.29, 1.82) is 0 Å². The van der Waals surface area contributed by atoms with Crippen molar-refractivity contribution in [3.63, 3.8) is 0 Å². The highest BCUT2D eigenvalue weighted by molar-refractivity contribution is 7.97. The van der Waals surface area contributed by atoms with E-state index in [1.807, 2.05) is 37.4 Å². The van der Waals surface area contributed by atoms with Gasteiger partial charge in [-0.05, 0) is 61.8 Å². The van der Waals surface area contributed by atoms with Gasteiger partial charge in [0.2, 0.25) is 0 Å². The summed E-state index contributed by atoms with van der Waals surface area (Å²) < 4.78 is 3.07. The summed E-state index contributed by atoms with van der Waals surface area (Å²) in [5.74, 6) is 1.49. The number of nitrogens with one attached hydrogen (secondary N) is 3. The fourth-order valence-electron chi connectivity index (χ4n) is 2.27. The zero-order chi connectivity index (χ0) is 16.8. The molecule has 0 aliphatic carbocycles. The van der Waals surface area contributed by atoms with Crippen LogP contribution < -0.4 is 15.4 Å². The molecule has 5 nitrogen and oxygen atoms in total. The second-order valence-corrected chi connectivity index (χ2v) is 6.33. The van der Waals surface area contributed by atoms with Crippen LogP contribution in [-0.4, -0.2) is 17.0 Å². The van der Waals surface area contributed by atoms with Gasteiger partial charge in [-0.25, -0.2) is 9.97 Å². The monoisotopic (exact) mass is 337 g/mol. The van der Waals surface area contributed by atoms with Gasteiger partial charge < -0.3 is 10.6 Å². The average Bonchev–Trinajstić information content (AvgIpc) is 2.56. The first-order chi connectivity index (χ1) is 11.7. The van der Waals surface area contributed by atoms with E-state index >= 15 is 0 Å². The molecule has 0 amide bonds. The maximum Gasteiger partial charge on any atom is 0.135 e. The minimum Gasteiger partial charge on any atom is -0.340 e. The molecule has 122 valence electrons. The number of anilines is 4. The van der Waals surface area contributed by atoms with E-state index in [2.05, 4.69) is 56.5 Å². The molecular weight excluding hydrogens is 318 g/mol. The Morgan fingerprint density at radius 2 is 1.50 bits per heavy atom. The van der Waals surface area contributed by atoms with E-state index in [4.69, 9.17) is 0 Å². The molecule has 3 N–H and O–H groups in total. The van der Waals surface area contributed by atoms with Crippen molar-refractivity contribution in [1.82, 2.24) is 14.7 Å². The third-order valence-electron chi connectivity index (χ3n) is 3.28. The van der Waals surface area contributed by atoms with Gasteiger partial charge in [0.15, 0.2) is 0 Å². The van der Waals surface area contributed by atoms with Gasteiger partial charge in [0.1, 0.15) is 18.0 Å². The SMILES string of the molecule is CNSc1cccc(Nc2cc(Nc3cccc(C)c3)ncn2)c1. The van der Waals surface area contributed by atoms with Gasteiger partial charge in [-0.15, -0.1) is 0 Å². The van der Waals surface area contributed by atoms with E-state index in [1.54, 1.807) is 18.3 Å². The second-order valence-electron chi connectivity index (χ2n) is 5.24. The predicted octanol–water partition coefficient (Wildman–Crippen LogP) is 4.50. The predicted molar refractivity (Wildman–Crippen MR) is 101 cm³/mol. The summed E-state index contributed by atoms with van der Waals surface area (Å²) >= 11 is 1.57. The van der Waals surface area contributed by atoms with Crippen molar-refractivity contribution in [2.75, 3.05) is 17.7 Å². The zero-order valence-corrected chi connectivity index (χ0v) is 14.4. The summed E-state index contributed by atoms with van der Waals surface area (Å²) in [6.45, 7) is 2.06. The fraction of sp³-hybridized carbons (Fsp3) is 0.111. The Morgan fingerprint density at radius 3 is 2.17 bits per heavy atom. The molecule has 1 heterocycles. The van der Waals surface area contributed by atoms with E-state index < -0.39 is 0 Å². The van der Waals surface area contributed by atoms with Gasteiger partial charge in [-0.2, -0.15) is 0 Å². The molecular formula is C18H19N5S. The van der Waals surface area contributed by atoms with Crippen molar-refractivity contribution in [2.45, 2.75) is 11.8 Å². The lowest BCUT2D eigenvalue weighted by atomic mass is 10.2. The molecule has 0 saturated carbocycles. The Morgan fingerprint density at radius 1 is 0.833 bits per heavy atom. The van der Waals surface area contributed by atoms with Gasteiger partial charge in [0.25, 0.3) is 0 Å². The standard InChI is InChI=1S/C18H19N5S/c1-13-5-3-6-14(9-13)22-17-11-18(21-12-20-17)23-15-7-4-8-16(10-15)24-19-2/h3-12,19H,1-2H3,(H2,20,21,22,23). The quantitative estimate of drug-likeness (QED) is 0.576. The molecule has 0 saturated heterocycles. The van der Waals surface area contributed by atoms with Gasteiger partial charge >= 0.3 is 0 Å². The van der Waals surface area contributed by atoms with Crippen LogP contribution in [0.5, 0.6) is 0 Å². The largest absolute Gasteiger partial charge is 0.340 e. The Kier molecular flexibility index (Phi) is 5.30. The van der Waals surface area contributed by atoms with Gasteiger partial charge in [-0.3, -0.25) is 4.72 Å². The van der Waals surface area contributed by atoms with E-state index in [9.17, 15) is 0 Å². The fourth-order valence-corrected chi connectivity index (χ4v) is 2.84. The first kappa shape index (κ1) is 16.3. The highest BCUT2D eigenvalue weighted by Crippen LogP contribution is 2.23. The van der Waals surface area contributed by atoms with Crippen LogP contribution in [0.15, 0.2) is 65.8 Å². The van der Waals surface area contributed by atoms with Crippen LogP contribution in [0.3, 0.4) is 0 Å². The van der Waals surface area contributed by atoms with Crippen LogP contribution in [0.1, 0.15) is 5.56 Å². The third-order valence-corrected chi connectivity index (χ3v) is 3.98. The lowest BCUT2D eigenvalue weighted by Gasteiger charge is -2.10. The van der Waals surface area contributed by atoms with Crippen molar-refractivity contribution in [3.8, 4) is 0 Å². The van der Waals surface area contributed by atoms with Gasteiger partial charge in [0.05, 0.1) is 0 Å². The average molecular weight is 337 g/mol. The zero-order valence-electron chi connectivity index (χ0n) is 13.6. The topological polar surface area (TPSA) is 61.9 Å². The summed E-state index contributed by atoms with van der Waals surface area (Å²) in [4.78, 5) is 9.70. The smallest absolute Gasteiger partial charge is 0.135 e. The summed E-state index contributed by atoms with van der Waals surface area (Å²) in [6, 6.07) is 18.2. The number of aryl methyl sites for hydroxylation is 1. The molecule has 0 fully saturated rings. The number of rotatable bonds is 6. The molecule has 3 rings (SSSR count). The maximum atomic E-state index is 4.28. The van der Waals surface area contributed by atoms with E-state index in [0.29, 0.717) is 0 Å². The molecule has 3 aromatic rings. The Labute approximate surface area is 146 Å². The van der Waals surface area contributed by atoms with Gasteiger partial charge in [-0.1, -0.05) is 18.2 Å². The van der Waals surface area contributed by atoms with Crippen LogP contribution in [0.4, 0.5) is 23.0 Å². The highest BCUT2D eigenvalue weighted by atomic mass is 32.2. The van der Waals surface area contributed by atoms with Crippen molar-refractivity contribution < 1.29 is 0 Å².